The molecule has 2 aromatic carbocycles. The van der Waals surface area contributed by atoms with Crippen LogP contribution in [0.1, 0.15) is 22.8 Å². The zero-order valence-electron chi connectivity index (χ0n) is 9.27. The van der Waals surface area contributed by atoms with Crippen molar-refractivity contribution >= 4 is 0 Å². The quantitative estimate of drug-likeness (QED) is 0.884. The molecule has 0 fully saturated rings. The highest BCUT2D eigenvalue weighted by atomic mass is 19.1. The summed E-state index contributed by atoms with van der Waals surface area (Å²) in [5, 5.41) is 18.7. The molecular formula is C14H9F2NO. The second-order valence-electron chi connectivity index (χ2n) is 3.80. The Hall–Kier alpha value is -2.25. The molecule has 1 N–H and O–H groups in total. The van der Waals surface area contributed by atoms with E-state index in [4.69, 9.17) is 5.26 Å². The van der Waals surface area contributed by atoms with Gasteiger partial charge in [0.2, 0.25) is 0 Å². The van der Waals surface area contributed by atoms with Gasteiger partial charge in [-0.25, -0.2) is 8.78 Å². The number of halogens is 2. The highest BCUT2D eigenvalue weighted by molar-refractivity contribution is 5.38. The van der Waals surface area contributed by atoms with E-state index < -0.39 is 17.7 Å². The predicted octanol–water partition coefficient (Wildman–Crippen LogP) is 2.92. The van der Waals surface area contributed by atoms with Crippen molar-refractivity contribution in [3.63, 3.8) is 0 Å². The molecule has 0 saturated carbocycles. The minimum absolute atomic E-state index is 0.000609. The van der Waals surface area contributed by atoms with Gasteiger partial charge in [-0.15, -0.1) is 0 Å². The summed E-state index contributed by atoms with van der Waals surface area (Å²) < 4.78 is 26.3. The molecular weight excluding hydrogens is 236 g/mol. The third-order valence-electron chi connectivity index (χ3n) is 2.61. The molecule has 2 rings (SSSR count). The SMILES string of the molecule is N#Cc1ccc(F)c(C(O)c2ccc(F)cc2)c1. The molecule has 0 heterocycles. The molecule has 1 atom stereocenters. The number of nitriles is 1. The molecule has 0 aliphatic carbocycles. The minimum atomic E-state index is -1.22. The summed E-state index contributed by atoms with van der Waals surface area (Å²) in [5.74, 6) is -1.04. The minimum Gasteiger partial charge on any atom is -0.384 e. The van der Waals surface area contributed by atoms with E-state index in [1.807, 2.05) is 6.07 Å². The average Bonchev–Trinajstić information content (AvgIpc) is 2.39. The summed E-state index contributed by atoms with van der Waals surface area (Å²) in [6, 6.07) is 10.7. The molecule has 2 aromatic rings. The maximum absolute atomic E-state index is 13.6. The van der Waals surface area contributed by atoms with Crippen LogP contribution in [-0.4, -0.2) is 5.11 Å². The number of aliphatic hydroxyl groups excluding tert-OH is 1. The van der Waals surface area contributed by atoms with Crippen LogP contribution in [0.2, 0.25) is 0 Å². The van der Waals surface area contributed by atoms with Gasteiger partial charge < -0.3 is 5.11 Å². The second-order valence-corrected chi connectivity index (χ2v) is 3.80. The van der Waals surface area contributed by atoms with Gasteiger partial charge in [-0.2, -0.15) is 5.26 Å². The van der Waals surface area contributed by atoms with Gasteiger partial charge in [-0.05, 0) is 35.9 Å². The molecule has 0 aromatic heterocycles. The van der Waals surface area contributed by atoms with Crippen molar-refractivity contribution < 1.29 is 13.9 Å². The summed E-state index contributed by atoms with van der Waals surface area (Å²) in [7, 11) is 0. The summed E-state index contributed by atoms with van der Waals surface area (Å²) >= 11 is 0. The van der Waals surface area contributed by atoms with Crippen molar-refractivity contribution in [2.24, 2.45) is 0 Å². The van der Waals surface area contributed by atoms with Crippen LogP contribution in [0.3, 0.4) is 0 Å². The smallest absolute Gasteiger partial charge is 0.129 e. The van der Waals surface area contributed by atoms with Gasteiger partial charge in [-0.3, -0.25) is 0 Å². The monoisotopic (exact) mass is 245 g/mol. The first-order valence-corrected chi connectivity index (χ1v) is 5.25. The lowest BCUT2D eigenvalue weighted by Crippen LogP contribution is -2.03. The Kier molecular flexibility index (Phi) is 3.35. The summed E-state index contributed by atoms with van der Waals surface area (Å²) in [6.07, 6.45) is -1.22. The molecule has 2 nitrogen and oxygen atoms in total. The Bertz CT molecular complexity index is 602. The standard InChI is InChI=1S/C14H9F2NO/c15-11-4-2-10(3-5-11)14(18)12-7-9(8-17)1-6-13(12)16/h1-7,14,18H. The van der Waals surface area contributed by atoms with Gasteiger partial charge in [-0.1, -0.05) is 12.1 Å². The van der Waals surface area contributed by atoms with Crippen LogP contribution in [0.15, 0.2) is 42.5 Å². The van der Waals surface area contributed by atoms with Gasteiger partial charge in [0.1, 0.15) is 17.7 Å². The van der Waals surface area contributed by atoms with E-state index in [2.05, 4.69) is 0 Å². The lowest BCUT2D eigenvalue weighted by molar-refractivity contribution is 0.215. The Balaban J connectivity index is 2.42. The highest BCUT2D eigenvalue weighted by Gasteiger charge is 2.15. The average molecular weight is 245 g/mol. The topological polar surface area (TPSA) is 44.0 Å². The fraction of sp³-hybridized carbons (Fsp3) is 0.0714. The molecule has 0 bridgehead atoms. The predicted molar refractivity (Wildman–Crippen MR) is 61.6 cm³/mol. The van der Waals surface area contributed by atoms with Gasteiger partial charge in [0.15, 0.2) is 0 Å². The van der Waals surface area contributed by atoms with E-state index >= 15 is 0 Å². The Morgan fingerprint density at radius 1 is 1.06 bits per heavy atom. The number of nitrogens with zero attached hydrogens (tertiary/aromatic N) is 1. The maximum atomic E-state index is 13.6. The van der Waals surface area contributed by atoms with Crippen molar-refractivity contribution in [2.75, 3.05) is 0 Å². The number of hydrogen-bond acceptors (Lipinski definition) is 2. The van der Waals surface area contributed by atoms with Crippen LogP contribution >= 0.6 is 0 Å². The van der Waals surface area contributed by atoms with Crippen molar-refractivity contribution in [1.29, 1.82) is 5.26 Å². The Morgan fingerprint density at radius 2 is 1.72 bits per heavy atom. The van der Waals surface area contributed by atoms with Gasteiger partial charge in [0, 0.05) is 5.56 Å². The van der Waals surface area contributed by atoms with E-state index in [9.17, 15) is 13.9 Å². The fourth-order valence-electron chi connectivity index (χ4n) is 1.65. The molecule has 0 saturated heterocycles. The van der Waals surface area contributed by atoms with E-state index in [-0.39, 0.29) is 11.1 Å². The first kappa shape index (κ1) is 12.2. The molecule has 4 heteroatoms. The largest absolute Gasteiger partial charge is 0.384 e. The molecule has 0 radical (unpaired) electrons. The van der Waals surface area contributed by atoms with Gasteiger partial charge in [0.05, 0.1) is 11.6 Å². The van der Waals surface area contributed by atoms with E-state index in [1.54, 1.807) is 0 Å². The second kappa shape index (κ2) is 4.94. The van der Waals surface area contributed by atoms with Crippen molar-refractivity contribution in [2.45, 2.75) is 6.10 Å². The van der Waals surface area contributed by atoms with Crippen LogP contribution in [0.5, 0.6) is 0 Å². The fourth-order valence-corrected chi connectivity index (χ4v) is 1.65. The summed E-state index contributed by atoms with van der Waals surface area (Å²) in [5.41, 5.74) is 0.624. The zero-order valence-corrected chi connectivity index (χ0v) is 9.27. The normalized spacial score (nSPS) is 11.9. The molecule has 0 aliphatic heterocycles. The lowest BCUT2D eigenvalue weighted by Gasteiger charge is -2.12. The van der Waals surface area contributed by atoms with Crippen molar-refractivity contribution in [3.8, 4) is 6.07 Å². The van der Waals surface area contributed by atoms with Crippen LogP contribution in [0.4, 0.5) is 8.78 Å². The van der Waals surface area contributed by atoms with Crippen LogP contribution in [0, 0.1) is 23.0 Å². The zero-order chi connectivity index (χ0) is 13.1. The number of hydrogen-bond donors (Lipinski definition) is 1. The lowest BCUT2D eigenvalue weighted by atomic mass is 9.99. The maximum Gasteiger partial charge on any atom is 0.129 e. The van der Waals surface area contributed by atoms with Crippen LogP contribution < -0.4 is 0 Å². The number of benzene rings is 2. The van der Waals surface area contributed by atoms with Gasteiger partial charge >= 0.3 is 0 Å². The molecule has 0 amide bonds. The first-order valence-electron chi connectivity index (χ1n) is 5.25. The third-order valence-corrected chi connectivity index (χ3v) is 2.61. The van der Waals surface area contributed by atoms with E-state index in [0.29, 0.717) is 5.56 Å². The number of rotatable bonds is 2. The molecule has 0 aliphatic rings. The highest BCUT2D eigenvalue weighted by Crippen LogP contribution is 2.25. The summed E-state index contributed by atoms with van der Waals surface area (Å²) in [6.45, 7) is 0. The van der Waals surface area contributed by atoms with Crippen molar-refractivity contribution in [1.82, 2.24) is 0 Å². The molecule has 1 unspecified atom stereocenters. The van der Waals surface area contributed by atoms with Crippen LogP contribution in [-0.2, 0) is 0 Å². The van der Waals surface area contributed by atoms with E-state index in [1.165, 1.54) is 36.4 Å². The first-order chi connectivity index (χ1) is 8.61. The Labute approximate surface area is 103 Å². The van der Waals surface area contributed by atoms with Crippen molar-refractivity contribution in [3.05, 3.63) is 70.8 Å². The molecule has 90 valence electrons. The van der Waals surface area contributed by atoms with Crippen LogP contribution in [0.25, 0.3) is 0 Å². The third kappa shape index (κ3) is 2.36. The van der Waals surface area contributed by atoms with E-state index in [0.717, 1.165) is 6.07 Å². The summed E-state index contributed by atoms with van der Waals surface area (Å²) in [4.78, 5) is 0. The molecule has 0 spiro atoms. The number of aliphatic hydroxyl groups is 1. The Morgan fingerprint density at radius 3 is 2.33 bits per heavy atom. The molecule has 18 heavy (non-hydrogen) atoms. The van der Waals surface area contributed by atoms with Gasteiger partial charge in [0.25, 0.3) is 0 Å².